The zero-order valence-electron chi connectivity index (χ0n) is 16.0. The lowest BCUT2D eigenvalue weighted by Crippen LogP contribution is -2.36. The molecule has 0 saturated heterocycles. The predicted molar refractivity (Wildman–Crippen MR) is 119 cm³/mol. The van der Waals surface area contributed by atoms with E-state index in [1.165, 1.54) is 0 Å². The molecule has 0 unspecified atom stereocenters. The number of nitrogens with one attached hydrogen (secondary N) is 2. The highest BCUT2D eigenvalue weighted by molar-refractivity contribution is 14.0. The molecule has 1 aromatic carbocycles. The molecule has 0 aliphatic rings. The summed E-state index contributed by atoms with van der Waals surface area (Å²) >= 11 is 0. The first-order chi connectivity index (χ1) is 13.3. The third kappa shape index (κ3) is 6.06. The average Bonchev–Trinajstić information content (AvgIpc) is 3.13. The smallest absolute Gasteiger partial charge is 0.191 e. The topological polar surface area (TPSA) is 85.1 Å². The van der Waals surface area contributed by atoms with Crippen LogP contribution in [0.5, 0.6) is 5.75 Å². The van der Waals surface area contributed by atoms with Gasteiger partial charge < -0.3 is 20.1 Å². The Labute approximate surface area is 181 Å². The molecular formula is C19H25IN6O2. The summed E-state index contributed by atoms with van der Waals surface area (Å²) in [5.41, 5.74) is 1.95. The molecule has 150 valence electrons. The molecule has 2 N–H and O–H groups in total. The third-order valence-electron chi connectivity index (χ3n) is 3.96. The van der Waals surface area contributed by atoms with Crippen molar-refractivity contribution in [2.24, 2.45) is 4.99 Å². The molecule has 0 bridgehead atoms. The molecule has 28 heavy (non-hydrogen) atoms. The van der Waals surface area contributed by atoms with E-state index in [0.29, 0.717) is 32.3 Å². The van der Waals surface area contributed by atoms with Gasteiger partial charge >= 0.3 is 0 Å². The van der Waals surface area contributed by atoms with Crippen LogP contribution in [0.2, 0.25) is 0 Å². The highest BCUT2D eigenvalue weighted by Crippen LogP contribution is 2.12. The van der Waals surface area contributed by atoms with E-state index < -0.39 is 0 Å². The van der Waals surface area contributed by atoms with Crippen molar-refractivity contribution in [1.82, 2.24) is 25.2 Å². The molecule has 0 amide bonds. The Balaban J connectivity index is 0.00000280. The van der Waals surface area contributed by atoms with Gasteiger partial charge in [-0.25, -0.2) is 0 Å². The maximum atomic E-state index is 5.57. The van der Waals surface area contributed by atoms with Crippen LogP contribution in [0.4, 0.5) is 0 Å². The fourth-order valence-electron chi connectivity index (χ4n) is 2.53. The predicted octanol–water partition coefficient (Wildman–Crippen LogP) is 2.24. The molecular weight excluding hydrogens is 471 g/mol. The molecule has 0 radical (unpaired) electrons. The standard InChI is InChI=1S/C19H24N6O2.HI/c1-20-19(22-14-18-24-23-17-5-3-4-10-25(17)18)21-13-15-6-8-16(9-7-15)27-12-11-26-2;/h3-10H,11-14H2,1-2H3,(H2,20,21,22);1H. The number of hydrogen-bond acceptors (Lipinski definition) is 5. The Hall–Kier alpha value is -2.40. The van der Waals surface area contributed by atoms with Gasteiger partial charge in [-0.2, -0.15) is 0 Å². The van der Waals surface area contributed by atoms with E-state index in [9.17, 15) is 0 Å². The van der Waals surface area contributed by atoms with Crippen LogP contribution in [0.3, 0.4) is 0 Å². The van der Waals surface area contributed by atoms with Gasteiger partial charge in [-0.05, 0) is 29.8 Å². The van der Waals surface area contributed by atoms with Crippen molar-refractivity contribution in [2.75, 3.05) is 27.4 Å². The van der Waals surface area contributed by atoms with Crippen LogP contribution in [0, 0.1) is 0 Å². The van der Waals surface area contributed by atoms with Crippen molar-refractivity contribution in [1.29, 1.82) is 0 Å². The summed E-state index contributed by atoms with van der Waals surface area (Å²) in [7, 11) is 3.40. The average molecular weight is 496 g/mol. The number of pyridine rings is 1. The van der Waals surface area contributed by atoms with E-state index in [1.54, 1.807) is 14.2 Å². The monoisotopic (exact) mass is 496 g/mol. The molecule has 3 aromatic rings. The zero-order chi connectivity index (χ0) is 18.9. The van der Waals surface area contributed by atoms with Crippen molar-refractivity contribution in [3.05, 3.63) is 60.0 Å². The van der Waals surface area contributed by atoms with Crippen LogP contribution in [0.15, 0.2) is 53.7 Å². The van der Waals surface area contributed by atoms with Crippen LogP contribution < -0.4 is 15.4 Å². The number of guanidine groups is 1. The van der Waals surface area contributed by atoms with E-state index in [1.807, 2.05) is 53.1 Å². The molecule has 0 spiro atoms. The quantitative estimate of drug-likeness (QED) is 0.216. The normalized spacial score (nSPS) is 11.1. The number of ether oxygens (including phenoxy) is 2. The van der Waals surface area contributed by atoms with E-state index >= 15 is 0 Å². The maximum Gasteiger partial charge on any atom is 0.191 e. The van der Waals surface area contributed by atoms with Crippen molar-refractivity contribution >= 4 is 35.6 Å². The Morgan fingerprint density at radius 2 is 1.82 bits per heavy atom. The van der Waals surface area contributed by atoms with E-state index in [4.69, 9.17) is 9.47 Å². The van der Waals surface area contributed by atoms with Gasteiger partial charge in [-0.15, -0.1) is 34.2 Å². The number of methoxy groups -OCH3 is 1. The fraction of sp³-hybridized carbons (Fsp3) is 0.316. The van der Waals surface area contributed by atoms with Crippen LogP contribution in [0.25, 0.3) is 5.65 Å². The van der Waals surface area contributed by atoms with Gasteiger partial charge in [0.05, 0.1) is 13.2 Å². The first-order valence-electron chi connectivity index (χ1n) is 8.74. The van der Waals surface area contributed by atoms with Crippen molar-refractivity contribution in [3.8, 4) is 5.75 Å². The molecule has 0 fully saturated rings. The SMILES string of the molecule is CN=C(NCc1ccc(OCCOC)cc1)NCc1nnc2ccccn12.I. The molecule has 0 atom stereocenters. The van der Waals surface area contributed by atoms with Gasteiger partial charge in [0.1, 0.15) is 12.4 Å². The number of fused-ring (bicyclic) bond motifs is 1. The largest absolute Gasteiger partial charge is 0.491 e. The summed E-state index contributed by atoms with van der Waals surface area (Å²) < 4.78 is 12.5. The van der Waals surface area contributed by atoms with Crippen LogP contribution in [-0.4, -0.2) is 47.9 Å². The number of halogens is 1. The van der Waals surface area contributed by atoms with Gasteiger partial charge in [0, 0.05) is 26.9 Å². The van der Waals surface area contributed by atoms with E-state index in [0.717, 1.165) is 22.8 Å². The summed E-state index contributed by atoms with van der Waals surface area (Å²) in [5.74, 6) is 2.35. The molecule has 2 heterocycles. The van der Waals surface area contributed by atoms with Crippen LogP contribution in [0.1, 0.15) is 11.4 Å². The number of rotatable bonds is 8. The van der Waals surface area contributed by atoms with Gasteiger partial charge in [0.25, 0.3) is 0 Å². The minimum absolute atomic E-state index is 0. The summed E-state index contributed by atoms with van der Waals surface area (Å²) in [6, 6.07) is 13.8. The Morgan fingerprint density at radius 3 is 2.57 bits per heavy atom. The molecule has 8 nitrogen and oxygen atoms in total. The number of aliphatic imine (C=N–C) groups is 1. The fourth-order valence-corrected chi connectivity index (χ4v) is 2.53. The molecule has 9 heteroatoms. The lowest BCUT2D eigenvalue weighted by Gasteiger charge is -2.12. The lowest BCUT2D eigenvalue weighted by molar-refractivity contribution is 0.146. The molecule has 2 aromatic heterocycles. The second-order valence-corrected chi connectivity index (χ2v) is 5.81. The van der Waals surface area contributed by atoms with E-state index in [2.05, 4.69) is 25.8 Å². The minimum Gasteiger partial charge on any atom is -0.491 e. The van der Waals surface area contributed by atoms with Crippen molar-refractivity contribution < 1.29 is 9.47 Å². The summed E-state index contributed by atoms with van der Waals surface area (Å²) in [4.78, 5) is 4.25. The summed E-state index contributed by atoms with van der Waals surface area (Å²) in [6.07, 6.45) is 1.94. The minimum atomic E-state index is 0. The van der Waals surface area contributed by atoms with Crippen molar-refractivity contribution in [3.63, 3.8) is 0 Å². The second kappa shape index (κ2) is 11.4. The van der Waals surface area contributed by atoms with E-state index in [-0.39, 0.29) is 24.0 Å². The number of hydrogen-bond donors (Lipinski definition) is 2. The highest BCUT2D eigenvalue weighted by atomic mass is 127. The summed E-state index contributed by atoms with van der Waals surface area (Å²) in [6.45, 7) is 2.30. The maximum absolute atomic E-state index is 5.57. The van der Waals surface area contributed by atoms with Gasteiger partial charge in [0.15, 0.2) is 17.4 Å². The Kier molecular flexibility index (Phi) is 8.95. The first-order valence-corrected chi connectivity index (χ1v) is 8.74. The molecule has 0 aliphatic carbocycles. The highest BCUT2D eigenvalue weighted by Gasteiger charge is 2.05. The Bertz CT molecular complexity index is 882. The van der Waals surface area contributed by atoms with Crippen molar-refractivity contribution in [2.45, 2.75) is 13.1 Å². The van der Waals surface area contributed by atoms with Gasteiger partial charge in [-0.1, -0.05) is 18.2 Å². The Morgan fingerprint density at radius 1 is 1.04 bits per heavy atom. The van der Waals surface area contributed by atoms with Crippen LogP contribution in [-0.2, 0) is 17.8 Å². The van der Waals surface area contributed by atoms with Gasteiger partial charge in [-0.3, -0.25) is 9.39 Å². The number of nitrogens with zero attached hydrogens (tertiary/aromatic N) is 4. The molecule has 0 saturated carbocycles. The second-order valence-electron chi connectivity index (χ2n) is 5.81. The van der Waals surface area contributed by atoms with Crippen LogP contribution >= 0.6 is 24.0 Å². The molecule has 3 rings (SSSR count). The number of benzene rings is 1. The number of aromatic nitrogens is 3. The summed E-state index contributed by atoms with van der Waals surface area (Å²) in [5, 5.41) is 14.9. The lowest BCUT2D eigenvalue weighted by atomic mass is 10.2. The first kappa shape index (κ1) is 21.9. The van der Waals surface area contributed by atoms with Gasteiger partial charge in [0.2, 0.25) is 0 Å². The zero-order valence-corrected chi connectivity index (χ0v) is 18.3. The third-order valence-corrected chi connectivity index (χ3v) is 3.96. The molecule has 0 aliphatic heterocycles.